The minimum atomic E-state index is -0.416. The van der Waals surface area contributed by atoms with Crippen molar-refractivity contribution in [2.45, 2.75) is 26.7 Å². The van der Waals surface area contributed by atoms with E-state index in [1.165, 1.54) is 0 Å². The summed E-state index contributed by atoms with van der Waals surface area (Å²) >= 11 is 0. The Morgan fingerprint density at radius 3 is 2.67 bits per heavy atom. The largest absolute Gasteiger partial charge is 0.454 e. The molecule has 1 fully saturated rings. The van der Waals surface area contributed by atoms with Gasteiger partial charge in [0, 0.05) is 19.3 Å². The van der Waals surface area contributed by atoms with Crippen molar-refractivity contribution in [1.29, 1.82) is 0 Å². The van der Waals surface area contributed by atoms with E-state index in [0.717, 1.165) is 17.0 Å². The molecule has 27 heavy (non-hydrogen) atoms. The number of hydrogen-bond donors (Lipinski definition) is 0. The summed E-state index contributed by atoms with van der Waals surface area (Å²) in [5.74, 6) is 1.33. The highest BCUT2D eigenvalue weighted by Crippen LogP contribution is 2.33. The summed E-state index contributed by atoms with van der Waals surface area (Å²) in [7, 11) is 1.84. The summed E-state index contributed by atoms with van der Waals surface area (Å²) in [5.41, 5.74) is 3.12. The molecule has 0 saturated carbocycles. The molecule has 0 spiro atoms. The first-order valence-electron chi connectivity index (χ1n) is 8.94. The van der Waals surface area contributed by atoms with Gasteiger partial charge in [0.15, 0.2) is 17.8 Å². The van der Waals surface area contributed by atoms with Gasteiger partial charge in [0.05, 0.1) is 31.0 Å². The molecular weight excluding hydrogens is 350 g/mol. The number of aromatic nitrogens is 2. The zero-order valence-electron chi connectivity index (χ0n) is 15.7. The lowest BCUT2D eigenvalue weighted by molar-refractivity contribution is -0.0585. The minimum absolute atomic E-state index is 0.0881. The van der Waals surface area contributed by atoms with Crippen LogP contribution in [0.5, 0.6) is 11.5 Å². The topological polar surface area (TPSA) is 75.1 Å². The highest BCUT2D eigenvalue weighted by Gasteiger charge is 2.28. The third-order valence-corrected chi connectivity index (χ3v) is 4.88. The van der Waals surface area contributed by atoms with Crippen LogP contribution >= 0.6 is 0 Å². The monoisotopic (exact) mass is 373 g/mol. The van der Waals surface area contributed by atoms with Gasteiger partial charge in [-0.1, -0.05) is 6.07 Å². The van der Waals surface area contributed by atoms with Crippen LogP contribution in [0.15, 0.2) is 18.2 Å². The molecule has 0 atom stereocenters. The molecule has 8 heteroatoms. The zero-order valence-corrected chi connectivity index (χ0v) is 15.7. The van der Waals surface area contributed by atoms with E-state index >= 15 is 0 Å². The van der Waals surface area contributed by atoms with Crippen LogP contribution in [0.2, 0.25) is 0 Å². The number of fused-ring (bicyclic) bond motifs is 1. The molecule has 1 amide bonds. The molecular formula is C19H23N3O5. The van der Waals surface area contributed by atoms with E-state index in [-0.39, 0.29) is 12.7 Å². The molecule has 1 aromatic carbocycles. The van der Waals surface area contributed by atoms with Gasteiger partial charge in [-0.15, -0.1) is 0 Å². The minimum Gasteiger partial charge on any atom is -0.454 e. The average Bonchev–Trinajstić information content (AvgIpc) is 3.36. The van der Waals surface area contributed by atoms with Crippen LogP contribution in [0.1, 0.15) is 27.3 Å². The number of hydrogen-bond acceptors (Lipinski definition) is 6. The second kappa shape index (κ2) is 7.21. The zero-order chi connectivity index (χ0) is 19.0. The van der Waals surface area contributed by atoms with E-state index in [9.17, 15) is 4.79 Å². The second-order valence-corrected chi connectivity index (χ2v) is 6.71. The number of carbonyl (C=O) groups excluding carboxylic acids is 1. The van der Waals surface area contributed by atoms with Crippen molar-refractivity contribution >= 4 is 5.91 Å². The summed E-state index contributed by atoms with van der Waals surface area (Å²) < 4.78 is 23.7. The van der Waals surface area contributed by atoms with E-state index in [1.807, 2.05) is 39.1 Å². The van der Waals surface area contributed by atoms with Gasteiger partial charge in [0.2, 0.25) is 6.79 Å². The van der Waals surface area contributed by atoms with Gasteiger partial charge >= 0.3 is 0 Å². The van der Waals surface area contributed by atoms with Crippen molar-refractivity contribution in [2.75, 3.05) is 26.6 Å². The van der Waals surface area contributed by atoms with Crippen molar-refractivity contribution in [1.82, 2.24) is 14.7 Å². The maximum atomic E-state index is 13.3. The molecule has 0 bridgehead atoms. The SMILES string of the molecule is Cc1nn(C)c(C)c1C(=O)N(Cc1ccc2c(c1)OCO2)CC1OCCO1. The Hall–Kier alpha value is -2.58. The molecule has 0 N–H and O–H groups in total. The number of benzene rings is 1. The molecule has 0 radical (unpaired) electrons. The van der Waals surface area contributed by atoms with Gasteiger partial charge in [-0.25, -0.2) is 0 Å². The number of nitrogens with zero attached hydrogens (tertiary/aromatic N) is 3. The van der Waals surface area contributed by atoms with Crippen LogP contribution in [0.25, 0.3) is 0 Å². The molecule has 1 saturated heterocycles. The van der Waals surface area contributed by atoms with E-state index in [0.29, 0.717) is 43.3 Å². The van der Waals surface area contributed by atoms with Crippen LogP contribution in [-0.4, -0.2) is 53.4 Å². The van der Waals surface area contributed by atoms with Gasteiger partial charge in [0.1, 0.15) is 0 Å². The molecule has 3 heterocycles. The lowest BCUT2D eigenvalue weighted by Gasteiger charge is -2.25. The maximum Gasteiger partial charge on any atom is 0.258 e. The molecule has 2 aliphatic heterocycles. The molecule has 4 rings (SSSR count). The van der Waals surface area contributed by atoms with Gasteiger partial charge in [0.25, 0.3) is 5.91 Å². The number of ether oxygens (including phenoxy) is 4. The Morgan fingerprint density at radius 1 is 1.22 bits per heavy atom. The van der Waals surface area contributed by atoms with Crippen LogP contribution < -0.4 is 9.47 Å². The Balaban J connectivity index is 1.61. The Kier molecular flexibility index (Phi) is 4.75. The van der Waals surface area contributed by atoms with Crippen LogP contribution in [-0.2, 0) is 23.1 Å². The summed E-state index contributed by atoms with van der Waals surface area (Å²) in [6.45, 7) is 5.81. The van der Waals surface area contributed by atoms with Gasteiger partial charge in [-0.2, -0.15) is 5.10 Å². The van der Waals surface area contributed by atoms with Crippen molar-refractivity contribution in [3.8, 4) is 11.5 Å². The van der Waals surface area contributed by atoms with Crippen molar-refractivity contribution in [3.05, 3.63) is 40.7 Å². The van der Waals surface area contributed by atoms with Crippen molar-refractivity contribution in [2.24, 2.45) is 7.05 Å². The van der Waals surface area contributed by atoms with E-state index in [4.69, 9.17) is 18.9 Å². The predicted octanol–water partition coefficient (Wildman–Crippen LogP) is 1.78. The molecule has 0 unspecified atom stereocenters. The molecule has 8 nitrogen and oxygen atoms in total. The third-order valence-electron chi connectivity index (χ3n) is 4.88. The van der Waals surface area contributed by atoms with Gasteiger partial charge in [-0.3, -0.25) is 9.48 Å². The molecule has 1 aromatic heterocycles. The fourth-order valence-electron chi connectivity index (χ4n) is 3.41. The van der Waals surface area contributed by atoms with E-state index in [1.54, 1.807) is 9.58 Å². The summed E-state index contributed by atoms with van der Waals surface area (Å²) in [6.07, 6.45) is -0.416. The third kappa shape index (κ3) is 3.50. The van der Waals surface area contributed by atoms with Crippen molar-refractivity contribution in [3.63, 3.8) is 0 Å². The van der Waals surface area contributed by atoms with E-state index in [2.05, 4.69) is 5.10 Å². The summed E-state index contributed by atoms with van der Waals surface area (Å²) in [4.78, 5) is 15.1. The first-order valence-corrected chi connectivity index (χ1v) is 8.94. The number of rotatable bonds is 5. The van der Waals surface area contributed by atoms with Gasteiger partial charge < -0.3 is 23.8 Å². The van der Waals surface area contributed by atoms with Gasteiger partial charge in [-0.05, 0) is 31.5 Å². The number of amides is 1. The van der Waals surface area contributed by atoms with Crippen molar-refractivity contribution < 1.29 is 23.7 Å². The van der Waals surface area contributed by atoms with Crippen LogP contribution in [0, 0.1) is 13.8 Å². The summed E-state index contributed by atoms with van der Waals surface area (Å²) in [5, 5.41) is 4.37. The molecule has 144 valence electrons. The smallest absolute Gasteiger partial charge is 0.258 e. The Labute approximate surface area is 157 Å². The highest BCUT2D eigenvalue weighted by atomic mass is 16.7. The summed E-state index contributed by atoms with van der Waals surface area (Å²) in [6, 6.07) is 5.71. The second-order valence-electron chi connectivity index (χ2n) is 6.71. The normalized spacial score (nSPS) is 16.1. The maximum absolute atomic E-state index is 13.3. The van der Waals surface area contributed by atoms with Crippen LogP contribution in [0.3, 0.4) is 0 Å². The molecule has 2 aromatic rings. The average molecular weight is 373 g/mol. The first kappa shape index (κ1) is 17.8. The number of aryl methyl sites for hydroxylation is 2. The Morgan fingerprint density at radius 2 is 1.96 bits per heavy atom. The fraction of sp³-hybridized carbons (Fsp3) is 0.474. The number of carbonyl (C=O) groups is 1. The Bertz CT molecular complexity index is 857. The first-order chi connectivity index (χ1) is 13.0. The highest BCUT2D eigenvalue weighted by molar-refractivity contribution is 5.96. The van der Waals surface area contributed by atoms with Crippen LogP contribution in [0.4, 0.5) is 0 Å². The lowest BCUT2D eigenvalue weighted by Crippen LogP contribution is -2.38. The quantitative estimate of drug-likeness (QED) is 0.795. The molecule has 0 aliphatic carbocycles. The fourth-order valence-corrected chi connectivity index (χ4v) is 3.41. The standard InChI is InChI=1S/C19H23N3O5/c1-12-18(13(2)21(3)20-12)19(23)22(10-17-24-6-7-25-17)9-14-4-5-15-16(8-14)27-11-26-15/h4-5,8,17H,6-7,9-11H2,1-3H3. The molecule has 2 aliphatic rings. The predicted molar refractivity (Wildman–Crippen MR) is 95.7 cm³/mol. The lowest BCUT2D eigenvalue weighted by atomic mass is 10.1. The van der Waals surface area contributed by atoms with E-state index < -0.39 is 6.29 Å².